The summed E-state index contributed by atoms with van der Waals surface area (Å²) < 4.78 is 12.0. The molecule has 0 spiro atoms. The topological polar surface area (TPSA) is 75.0 Å². The first-order valence-corrected chi connectivity index (χ1v) is 7.08. The molecule has 0 aliphatic rings. The van der Waals surface area contributed by atoms with E-state index in [1.54, 1.807) is 18.9 Å². The van der Waals surface area contributed by atoms with E-state index in [2.05, 4.69) is 20.5 Å². The van der Waals surface area contributed by atoms with E-state index in [0.717, 1.165) is 11.4 Å². The van der Waals surface area contributed by atoms with Crippen molar-refractivity contribution in [1.82, 2.24) is 25.2 Å². The van der Waals surface area contributed by atoms with Crippen LogP contribution in [0.2, 0.25) is 0 Å². The minimum absolute atomic E-state index is 0.366. The molecule has 2 aromatic heterocycles. The highest BCUT2D eigenvalue weighted by atomic mass is 32.2. The van der Waals surface area contributed by atoms with Crippen molar-refractivity contribution in [3.63, 3.8) is 0 Å². The maximum absolute atomic E-state index is 5.15. The summed E-state index contributed by atoms with van der Waals surface area (Å²) in [6.45, 7) is 2.42. The first-order chi connectivity index (χ1) is 9.72. The number of pyridine rings is 1. The zero-order chi connectivity index (χ0) is 14.4. The molecule has 8 heteroatoms. The van der Waals surface area contributed by atoms with Crippen LogP contribution in [0.15, 0.2) is 23.4 Å². The van der Waals surface area contributed by atoms with Crippen molar-refractivity contribution in [1.29, 1.82) is 0 Å². The van der Waals surface area contributed by atoms with Crippen molar-refractivity contribution < 1.29 is 9.47 Å². The Balaban J connectivity index is 1.98. The molecular formula is C12H17N5O2S. The summed E-state index contributed by atoms with van der Waals surface area (Å²) >= 11 is 1.53. The number of rotatable bonds is 7. The van der Waals surface area contributed by atoms with Crippen molar-refractivity contribution in [2.75, 3.05) is 14.2 Å². The van der Waals surface area contributed by atoms with Crippen LogP contribution in [-0.2, 0) is 21.8 Å². The van der Waals surface area contributed by atoms with Gasteiger partial charge < -0.3 is 9.47 Å². The average Bonchev–Trinajstić information content (AvgIpc) is 2.90. The molecule has 0 atom stereocenters. The van der Waals surface area contributed by atoms with Crippen molar-refractivity contribution in [2.24, 2.45) is 0 Å². The molecule has 0 aliphatic heterocycles. The minimum Gasteiger partial charge on any atom is -0.354 e. The lowest BCUT2D eigenvalue weighted by Crippen LogP contribution is -2.21. The summed E-state index contributed by atoms with van der Waals surface area (Å²) in [5.74, 6) is 0.715. The summed E-state index contributed by atoms with van der Waals surface area (Å²) in [7, 11) is 3.17. The van der Waals surface area contributed by atoms with Crippen LogP contribution in [0.25, 0.3) is 0 Å². The van der Waals surface area contributed by atoms with Crippen LogP contribution in [0.5, 0.6) is 0 Å². The highest BCUT2D eigenvalue weighted by Gasteiger charge is 2.13. The Morgan fingerprint density at radius 1 is 1.30 bits per heavy atom. The van der Waals surface area contributed by atoms with Gasteiger partial charge in [-0.1, -0.05) is 17.8 Å². The Morgan fingerprint density at radius 3 is 2.80 bits per heavy atom. The monoisotopic (exact) mass is 295 g/mol. The highest BCUT2D eigenvalue weighted by Crippen LogP contribution is 2.19. The largest absolute Gasteiger partial charge is 0.354 e. The van der Waals surface area contributed by atoms with Gasteiger partial charge in [0, 0.05) is 25.7 Å². The normalized spacial score (nSPS) is 11.2. The van der Waals surface area contributed by atoms with Crippen LogP contribution in [0.4, 0.5) is 0 Å². The van der Waals surface area contributed by atoms with E-state index in [0.29, 0.717) is 17.5 Å². The van der Waals surface area contributed by atoms with Gasteiger partial charge >= 0.3 is 0 Å². The lowest BCUT2D eigenvalue weighted by atomic mass is 10.3. The summed E-state index contributed by atoms with van der Waals surface area (Å²) in [5.41, 5.74) is 2.00. The number of hydrogen-bond acceptors (Lipinski definition) is 7. The molecule has 2 aromatic rings. The number of hydrogen-bond donors (Lipinski definition) is 0. The number of aromatic nitrogens is 5. The van der Waals surface area contributed by atoms with E-state index in [4.69, 9.17) is 9.47 Å². The van der Waals surface area contributed by atoms with Crippen LogP contribution in [0, 0.1) is 6.92 Å². The van der Waals surface area contributed by atoms with Gasteiger partial charge in [-0.3, -0.25) is 4.98 Å². The van der Waals surface area contributed by atoms with E-state index < -0.39 is 0 Å². The van der Waals surface area contributed by atoms with Gasteiger partial charge in [-0.25, -0.2) is 4.68 Å². The van der Waals surface area contributed by atoms with E-state index >= 15 is 0 Å². The van der Waals surface area contributed by atoms with E-state index in [1.165, 1.54) is 11.8 Å². The number of nitrogens with zero attached hydrogens (tertiary/aromatic N) is 5. The zero-order valence-electron chi connectivity index (χ0n) is 11.7. The third kappa shape index (κ3) is 3.99. The average molecular weight is 295 g/mol. The molecule has 0 amide bonds. The third-order valence-corrected chi connectivity index (χ3v) is 3.63. The van der Waals surface area contributed by atoms with Crippen LogP contribution in [-0.4, -0.2) is 45.7 Å². The van der Waals surface area contributed by atoms with Crippen LogP contribution in [0.3, 0.4) is 0 Å². The van der Waals surface area contributed by atoms with Gasteiger partial charge in [0.25, 0.3) is 0 Å². The minimum atomic E-state index is -0.366. The molecule has 2 rings (SSSR count). The van der Waals surface area contributed by atoms with Crippen LogP contribution in [0.1, 0.15) is 11.4 Å². The second kappa shape index (κ2) is 7.32. The predicted molar refractivity (Wildman–Crippen MR) is 74.2 cm³/mol. The van der Waals surface area contributed by atoms with Crippen molar-refractivity contribution in [3.8, 4) is 0 Å². The molecule has 0 aliphatic carbocycles. The van der Waals surface area contributed by atoms with Gasteiger partial charge in [-0.2, -0.15) is 0 Å². The lowest BCUT2D eigenvalue weighted by Gasteiger charge is -2.13. The fraction of sp³-hybridized carbons (Fsp3) is 0.500. The zero-order valence-corrected chi connectivity index (χ0v) is 12.5. The number of thioether (sulfide) groups is 1. The molecule has 2 heterocycles. The van der Waals surface area contributed by atoms with E-state index in [1.807, 2.05) is 25.1 Å². The fourth-order valence-electron chi connectivity index (χ4n) is 1.62. The van der Waals surface area contributed by atoms with Gasteiger partial charge in [0.2, 0.25) is 5.16 Å². The molecule has 7 nitrogen and oxygen atoms in total. The molecule has 0 saturated carbocycles. The summed E-state index contributed by atoms with van der Waals surface area (Å²) in [5, 5.41) is 12.3. The van der Waals surface area contributed by atoms with Crippen molar-refractivity contribution >= 4 is 11.8 Å². The molecular weight excluding hydrogens is 278 g/mol. The molecule has 0 aromatic carbocycles. The fourth-order valence-corrected chi connectivity index (χ4v) is 2.41. The van der Waals surface area contributed by atoms with E-state index in [-0.39, 0.29) is 6.29 Å². The van der Waals surface area contributed by atoms with Gasteiger partial charge in [-0.05, 0) is 29.5 Å². The van der Waals surface area contributed by atoms with Crippen molar-refractivity contribution in [3.05, 3.63) is 29.6 Å². The highest BCUT2D eigenvalue weighted by molar-refractivity contribution is 7.98. The smallest absolute Gasteiger partial charge is 0.209 e. The summed E-state index contributed by atoms with van der Waals surface area (Å²) in [6.07, 6.45) is -0.366. The SMILES string of the molecule is COC(Cn1nnnc1SCc1cccc(C)n1)OC. The Kier molecular flexibility index (Phi) is 5.45. The summed E-state index contributed by atoms with van der Waals surface area (Å²) in [4.78, 5) is 4.45. The Labute approximate surface area is 121 Å². The molecule has 0 fully saturated rings. The molecule has 0 radical (unpaired) electrons. The number of ether oxygens (including phenoxy) is 2. The van der Waals surface area contributed by atoms with Gasteiger partial charge in [0.05, 0.1) is 12.2 Å². The number of aryl methyl sites for hydroxylation is 1. The molecule has 0 saturated heterocycles. The second-order valence-corrected chi connectivity index (χ2v) is 5.05. The van der Waals surface area contributed by atoms with Gasteiger partial charge in [-0.15, -0.1) is 5.10 Å². The second-order valence-electron chi connectivity index (χ2n) is 4.10. The number of methoxy groups -OCH3 is 2. The van der Waals surface area contributed by atoms with Crippen LogP contribution < -0.4 is 0 Å². The molecule has 0 bridgehead atoms. The van der Waals surface area contributed by atoms with Crippen LogP contribution >= 0.6 is 11.8 Å². The van der Waals surface area contributed by atoms with Gasteiger partial charge in [0.1, 0.15) is 0 Å². The van der Waals surface area contributed by atoms with E-state index in [9.17, 15) is 0 Å². The Hall–Kier alpha value is -1.51. The first kappa shape index (κ1) is 14.9. The Morgan fingerprint density at radius 2 is 2.10 bits per heavy atom. The quantitative estimate of drug-likeness (QED) is 0.562. The summed E-state index contributed by atoms with van der Waals surface area (Å²) in [6, 6.07) is 5.95. The first-order valence-electron chi connectivity index (χ1n) is 6.10. The molecule has 108 valence electrons. The molecule has 0 N–H and O–H groups in total. The molecule has 0 unspecified atom stereocenters. The van der Waals surface area contributed by atoms with Gasteiger partial charge in [0.15, 0.2) is 6.29 Å². The predicted octanol–water partition coefficient (Wildman–Crippen LogP) is 1.29. The van der Waals surface area contributed by atoms with Crippen molar-refractivity contribution in [2.45, 2.75) is 30.7 Å². The lowest BCUT2D eigenvalue weighted by molar-refractivity contribution is -0.113. The number of tetrazole rings is 1. The molecule has 20 heavy (non-hydrogen) atoms. The maximum atomic E-state index is 5.15. The third-order valence-electron chi connectivity index (χ3n) is 2.64. The Bertz CT molecular complexity index is 544. The maximum Gasteiger partial charge on any atom is 0.209 e. The standard InChI is InChI=1S/C12H17N5O2S/c1-9-5-4-6-10(13-9)8-20-12-14-15-16-17(12)7-11(18-2)19-3/h4-6,11H,7-8H2,1-3H3.